The molecule has 2 heterocycles. The Bertz CT molecular complexity index is 1070. The van der Waals surface area contributed by atoms with Gasteiger partial charge < -0.3 is 10.2 Å². The lowest BCUT2D eigenvalue weighted by molar-refractivity contribution is -0.130. The quantitative estimate of drug-likeness (QED) is 0.607. The molecule has 1 fully saturated rings. The zero-order valence-corrected chi connectivity index (χ0v) is 17.8. The fraction of sp³-hybridized carbons (Fsp3) is 0.292. The van der Waals surface area contributed by atoms with E-state index in [9.17, 15) is 9.59 Å². The van der Waals surface area contributed by atoms with Crippen molar-refractivity contribution in [3.8, 4) is 0 Å². The molecule has 0 saturated carbocycles. The molecule has 4 rings (SSSR count). The molecule has 0 aliphatic carbocycles. The summed E-state index contributed by atoms with van der Waals surface area (Å²) in [7, 11) is 0. The number of anilines is 1. The van der Waals surface area contributed by atoms with E-state index in [2.05, 4.69) is 29.4 Å². The predicted molar refractivity (Wildman–Crippen MR) is 122 cm³/mol. The number of likely N-dealkylation sites (tertiary alicyclic amines) is 1. The van der Waals surface area contributed by atoms with E-state index in [0.29, 0.717) is 31.1 Å². The molecular formula is C24H25N3O2S. The number of nitrogens with zero attached hydrogens (tertiary/aromatic N) is 2. The summed E-state index contributed by atoms with van der Waals surface area (Å²) >= 11 is 1.51. The summed E-state index contributed by atoms with van der Waals surface area (Å²) in [5.41, 5.74) is 3.18. The van der Waals surface area contributed by atoms with Crippen LogP contribution in [0.1, 0.15) is 30.9 Å². The molecule has 1 aliphatic rings. The van der Waals surface area contributed by atoms with Crippen LogP contribution in [0.15, 0.2) is 54.6 Å². The van der Waals surface area contributed by atoms with Gasteiger partial charge in [0.15, 0.2) is 5.13 Å². The monoisotopic (exact) mass is 419 g/mol. The lowest BCUT2D eigenvalue weighted by Gasteiger charge is -2.30. The number of piperidine rings is 1. The number of amides is 2. The summed E-state index contributed by atoms with van der Waals surface area (Å²) in [4.78, 5) is 31.5. The Morgan fingerprint density at radius 3 is 2.67 bits per heavy atom. The first-order chi connectivity index (χ1) is 14.6. The van der Waals surface area contributed by atoms with E-state index in [1.165, 1.54) is 16.9 Å². The molecular weight excluding hydrogens is 394 g/mol. The van der Waals surface area contributed by atoms with Gasteiger partial charge in [0.25, 0.3) is 0 Å². The fourth-order valence-corrected chi connectivity index (χ4v) is 4.58. The third-order valence-corrected chi connectivity index (χ3v) is 6.42. The van der Waals surface area contributed by atoms with Crippen molar-refractivity contribution in [2.45, 2.75) is 26.2 Å². The van der Waals surface area contributed by atoms with Crippen molar-refractivity contribution in [1.82, 2.24) is 9.88 Å². The van der Waals surface area contributed by atoms with Gasteiger partial charge in [-0.3, -0.25) is 9.59 Å². The van der Waals surface area contributed by atoms with Crippen molar-refractivity contribution in [2.24, 2.45) is 5.92 Å². The van der Waals surface area contributed by atoms with E-state index in [0.717, 1.165) is 22.2 Å². The lowest BCUT2D eigenvalue weighted by Crippen LogP contribution is -2.40. The number of carbonyl (C=O) groups is 2. The van der Waals surface area contributed by atoms with Crippen molar-refractivity contribution in [2.75, 3.05) is 18.4 Å². The number of rotatable bonds is 5. The van der Waals surface area contributed by atoms with Gasteiger partial charge in [-0.05, 0) is 48.6 Å². The van der Waals surface area contributed by atoms with E-state index in [4.69, 9.17) is 0 Å². The van der Waals surface area contributed by atoms with Gasteiger partial charge in [-0.2, -0.15) is 0 Å². The molecule has 1 saturated heterocycles. The van der Waals surface area contributed by atoms with E-state index >= 15 is 0 Å². The summed E-state index contributed by atoms with van der Waals surface area (Å²) in [6.07, 6.45) is 5.76. The molecule has 0 atom stereocenters. The van der Waals surface area contributed by atoms with E-state index in [1.807, 2.05) is 47.4 Å². The van der Waals surface area contributed by atoms with Crippen LogP contribution in [0.3, 0.4) is 0 Å². The highest BCUT2D eigenvalue weighted by Gasteiger charge is 2.27. The van der Waals surface area contributed by atoms with Crippen LogP contribution in [0, 0.1) is 5.92 Å². The molecule has 0 bridgehead atoms. The van der Waals surface area contributed by atoms with Crippen LogP contribution >= 0.6 is 11.3 Å². The van der Waals surface area contributed by atoms with Crippen molar-refractivity contribution in [3.63, 3.8) is 0 Å². The minimum atomic E-state index is -0.0923. The Hall–Kier alpha value is -2.99. The first kappa shape index (κ1) is 20.3. The van der Waals surface area contributed by atoms with Gasteiger partial charge >= 0.3 is 0 Å². The summed E-state index contributed by atoms with van der Waals surface area (Å²) in [5.74, 6) is -0.0994. The standard InChI is InChI=1S/C24H25N3O2S/c1-2-17-8-10-20-21(16-17)30-24(25-20)26-23(29)19-12-14-27(15-13-19)22(28)11-9-18-6-4-3-5-7-18/h3-11,16,19H,2,12-15H2,1H3,(H,25,26,29)/b11-9+. The van der Waals surface area contributed by atoms with Crippen LogP contribution in [-0.2, 0) is 16.0 Å². The largest absolute Gasteiger partial charge is 0.339 e. The number of thiazole rings is 1. The number of fused-ring (bicyclic) bond motifs is 1. The number of aryl methyl sites for hydroxylation is 1. The van der Waals surface area contributed by atoms with Crippen LogP contribution in [-0.4, -0.2) is 34.8 Å². The Balaban J connectivity index is 1.31. The van der Waals surface area contributed by atoms with Gasteiger partial charge in [-0.15, -0.1) is 0 Å². The van der Waals surface area contributed by atoms with Crippen molar-refractivity contribution in [3.05, 3.63) is 65.7 Å². The second kappa shape index (κ2) is 9.22. The number of hydrogen-bond acceptors (Lipinski definition) is 4. The smallest absolute Gasteiger partial charge is 0.246 e. The molecule has 154 valence electrons. The first-order valence-electron chi connectivity index (χ1n) is 10.3. The van der Waals surface area contributed by atoms with E-state index in [-0.39, 0.29) is 17.7 Å². The number of nitrogens with one attached hydrogen (secondary N) is 1. The normalized spacial score (nSPS) is 15.0. The fourth-order valence-electron chi connectivity index (χ4n) is 3.65. The van der Waals surface area contributed by atoms with Crippen molar-refractivity contribution >= 4 is 44.6 Å². The van der Waals surface area contributed by atoms with Crippen LogP contribution < -0.4 is 5.32 Å². The Morgan fingerprint density at radius 1 is 1.17 bits per heavy atom. The minimum Gasteiger partial charge on any atom is -0.339 e. The number of aromatic nitrogens is 1. The lowest BCUT2D eigenvalue weighted by atomic mass is 9.96. The molecule has 0 radical (unpaired) electrons. The third-order valence-electron chi connectivity index (χ3n) is 5.49. The molecule has 1 N–H and O–H groups in total. The van der Waals surface area contributed by atoms with Crippen molar-refractivity contribution in [1.29, 1.82) is 0 Å². The molecule has 1 aromatic heterocycles. The number of carbonyl (C=O) groups excluding carboxylic acids is 2. The maximum atomic E-state index is 12.7. The molecule has 6 heteroatoms. The summed E-state index contributed by atoms with van der Waals surface area (Å²) in [6.45, 7) is 3.31. The Morgan fingerprint density at radius 2 is 1.93 bits per heavy atom. The molecule has 2 aromatic carbocycles. The second-order valence-corrected chi connectivity index (χ2v) is 8.54. The third kappa shape index (κ3) is 4.76. The Labute approximate surface area is 180 Å². The van der Waals surface area contributed by atoms with Crippen molar-refractivity contribution < 1.29 is 9.59 Å². The number of benzene rings is 2. The number of hydrogen-bond donors (Lipinski definition) is 1. The van der Waals surface area contributed by atoms with Gasteiger partial charge in [0.1, 0.15) is 0 Å². The van der Waals surface area contributed by atoms with Crippen LogP contribution in [0.5, 0.6) is 0 Å². The van der Waals surface area contributed by atoms with Gasteiger partial charge in [0.05, 0.1) is 10.2 Å². The van der Waals surface area contributed by atoms with Gasteiger partial charge in [-0.25, -0.2) is 4.98 Å². The molecule has 1 aliphatic heterocycles. The maximum absolute atomic E-state index is 12.7. The molecule has 0 spiro atoms. The van der Waals surface area contributed by atoms with Gasteiger partial charge in [0, 0.05) is 25.1 Å². The van der Waals surface area contributed by atoms with Crippen LogP contribution in [0.4, 0.5) is 5.13 Å². The Kier molecular flexibility index (Phi) is 6.23. The highest BCUT2D eigenvalue weighted by Crippen LogP contribution is 2.28. The first-order valence-corrected chi connectivity index (χ1v) is 11.2. The van der Waals surface area contributed by atoms with Crippen LogP contribution in [0.2, 0.25) is 0 Å². The minimum absolute atomic E-state index is 0.00306. The molecule has 2 amide bonds. The topological polar surface area (TPSA) is 62.3 Å². The molecule has 3 aromatic rings. The molecule has 0 unspecified atom stereocenters. The highest BCUT2D eigenvalue weighted by atomic mass is 32.1. The van der Waals surface area contributed by atoms with Gasteiger partial charge in [-0.1, -0.05) is 54.7 Å². The average Bonchev–Trinajstić information content (AvgIpc) is 3.19. The second-order valence-electron chi connectivity index (χ2n) is 7.51. The van der Waals surface area contributed by atoms with E-state index in [1.54, 1.807) is 6.08 Å². The summed E-state index contributed by atoms with van der Waals surface area (Å²) < 4.78 is 1.09. The van der Waals surface area contributed by atoms with Gasteiger partial charge in [0.2, 0.25) is 11.8 Å². The average molecular weight is 420 g/mol. The zero-order valence-electron chi connectivity index (χ0n) is 17.0. The van der Waals surface area contributed by atoms with E-state index < -0.39 is 0 Å². The van der Waals surface area contributed by atoms with Crippen LogP contribution in [0.25, 0.3) is 16.3 Å². The predicted octanol–water partition coefficient (Wildman–Crippen LogP) is 4.75. The maximum Gasteiger partial charge on any atom is 0.246 e. The highest BCUT2D eigenvalue weighted by molar-refractivity contribution is 7.22. The molecule has 5 nitrogen and oxygen atoms in total. The molecule has 30 heavy (non-hydrogen) atoms. The summed E-state index contributed by atoms with van der Waals surface area (Å²) in [6, 6.07) is 16.0. The SMILES string of the molecule is CCc1ccc2nc(NC(=O)C3CCN(C(=O)/C=C/c4ccccc4)CC3)sc2c1. The summed E-state index contributed by atoms with van der Waals surface area (Å²) in [5, 5.41) is 3.63. The zero-order chi connectivity index (χ0) is 20.9.